The molecule has 1 heterocycles. The van der Waals surface area contributed by atoms with Gasteiger partial charge in [0.05, 0.1) is 0 Å². The Bertz CT molecular complexity index is 448. The van der Waals surface area contributed by atoms with Crippen molar-refractivity contribution in [2.45, 2.75) is 39.0 Å². The fourth-order valence-corrected chi connectivity index (χ4v) is 2.94. The molecule has 1 aliphatic carbocycles. The number of fused-ring (bicyclic) bond motifs is 1. The summed E-state index contributed by atoms with van der Waals surface area (Å²) in [7, 11) is 0. The lowest BCUT2D eigenvalue weighted by atomic mass is 9.83. The minimum absolute atomic E-state index is 0.306. The second-order valence-electron chi connectivity index (χ2n) is 5.30. The van der Waals surface area contributed by atoms with Crippen LogP contribution in [0.1, 0.15) is 36.8 Å². The van der Waals surface area contributed by atoms with Crippen molar-refractivity contribution < 1.29 is 4.79 Å². The molecule has 2 aliphatic rings. The molecule has 2 heteroatoms. The number of para-hydroxylation sites is 1. The third kappa shape index (κ3) is 1.76. The second-order valence-corrected chi connectivity index (χ2v) is 5.30. The summed E-state index contributed by atoms with van der Waals surface area (Å²) in [6, 6.07) is 6.39. The molecule has 1 aliphatic heterocycles. The maximum absolute atomic E-state index is 12.4. The van der Waals surface area contributed by atoms with Gasteiger partial charge in [0.2, 0.25) is 5.91 Å². The summed E-state index contributed by atoms with van der Waals surface area (Å²) in [5.41, 5.74) is 3.80. The predicted molar refractivity (Wildman–Crippen MR) is 69.2 cm³/mol. The van der Waals surface area contributed by atoms with Crippen molar-refractivity contribution in [3.8, 4) is 0 Å². The number of hydrogen-bond donors (Lipinski definition) is 0. The van der Waals surface area contributed by atoms with E-state index in [2.05, 4.69) is 30.0 Å². The predicted octanol–water partition coefficient (Wildman–Crippen LogP) is 3.07. The highest BCUT2D eigenvalue weighted by Gasteiger charge is 2.32. The highest BCUT2D eigenvalue weighted by atomic mass is 16.2. The van der Waals surface area contributed by atoms with Crippen LogP contribution in [0, 0.1) is 12.8 Å². The van der Waals surface area contributed by atoms with Gasteiger partial charge >= 0.3 is 0 Å². The van der Waals surface area contributed by atoms with Crippen LogP contribution < -0.4 is 4.90 Å². The molecule has 1 aromatic rings. The van der Waals surface area contributed by atoms with Crippen LogP contribution in [0.15, 0.2) is 18.2 Å². The maximum Gasteiger partial charge on any atom is 0.230 e. The van der Waals surface area contributed by atoms with E-state index in [0.717, 1.165) is 32.2 Å². The first-order valence-electron chi connectivity index (χ1n) is 6.67. The van der Waals surface area contributed by atoms with Crippen LogP contribution in [0.25, 0.3) is 0 Å². The molecule has 0 saturated heterocycles. The van der Waals surface area contributed by atoms with Crippen molar-refractivity contribution in [3.63, 3.8) is 0 Å². The number of aryl methyl sites for hydroxylation is 2. The number of anilines is 1. The Kier molecular flexibility index (Phi) is 2.65. The van der Waals surface area contributed by atoms with Crippen molar-refractivity contribution in [1.29, 1.82) is 0 Å². The molecule has 17 heavy (non-hydrogen) atoms. The molecule has 0 atom stereocenters. The molecule has 90 valence electrons. The molecule has 1 aromatic carbocycles. The van der Waals surface area contributed by atoms with Gasteiger partial charge < -0.3 is 4.90 Å². The largest absolute Gasteiger partial charge is 0.312 e. The van der Waals surface area contributed by atoms with Crippen LogP contribution in [-0.4, -0.2) is 12.5 Å². The lowest BCUT2D eigenvalue weighted by Crippen LogP contribution is -2.42. The minimum Gasteiger partial charge on any atom is -0.312 e. The van der Waals surface area contributed by atoms with Gasteiger partial charge in [0.15, 0.2) is 0 Å². The topological polar surface area (TPSA) is 20.3 Å². The Balaban J connectivity index is 1.95. The lowest BCUT2D eigenvalue weighted by molar-refractivity contribution is -0.124. The molecule has 0 bridgehead atoms. The molecule has 0 N–H and O–H groups in total. The number of carbonyl (C=O) groups excluding carboxylic acids is 1. The lowest BCUT2D eigenvalue weighted by Gasteiger charge is -2.36. The highest BCUT2D eigenvalue weighted by molar-refractivity contribution is 5.97. The Labute approximate surface area is 103 Å². The second kappa shape index (κ2) is 4.17. The summed E-state index contributed by atoms with van der Waals surface area (Å²) < 4.78 is 0. The van der Waals surface area contributed by atoms with Crippen molar-refractivity contribution in [2.24, 2.45) is 5.92 Å². The molecule has 0 unspecified atom stereocenters. The molecule has 0 aromatic heterocycles. The van der Waals surface area contributed by atoms with E-state index in [9.17, 15) is 4.79 Å². The van der Waals surface area contributed by atoms with E-state index in [-0.39, 0.29) is 0 Å². The summed E-state index contributed by atoms with van der Waals surface area (Å²) in [5, 5.41) is 0. The molecule has 0 spiro atoms. The fraction of sp³-hybridized carbons (Fsp3) is 0.533. The average molecular weight is 229 g/mol. The smallest absolute Gasteiger partial charge is 0.230 e. The van der Waals surface area contributed by atoms with Crippen molar-refractivity contribution in [3.05, 3.63) is 29.3 Å². The number of nitrogens with zero attached hydrogens (tertiary/aromatic N) is 1. The highest BCUT2D eigenvalue weighted by Crippen LogP contribution is 2.35. The summed E-state index contributed by atoms with van der Waals surface area (Å²) in [4.78, 5) is 14.5. The number of amides is 1. The van der Waals surface area contributed by atoms with Crippen molar-refractivity contribution in [1.82, 2.24) is 0 Å². The molecule has 3 rings (SSSR count). The van der Waals surface area contributed by atoms with Gasteiger partial charge in [-0.25, -0.2) is 0 Å². The zero-order valence-electron chi connectivity index (χ0n) is 10.4. The molecular weight excluding hydrogens is 210 g/mol. The summed E-state index contributed by atoms with van der Waals surface area (Å²) in [6.45, 7) is 3.03. The molecule has 1 fully saturated rings. The van der Waals surface area contributed by atoms with Gasteiger partial charge in [0.1, 0.15) is 0 Å². The molecule has 1 amide bonds. The Morgan fingerprint density at radius 2 is 2.12 bits per heavy atom. The van der Waals surface area contributed by atoms with E-state index in [1.54, 1.807) is 0 Å². The van der Waals surface area contributed by atoms with E-state index < -0.39 is 0 Å². The first-order chi connectivity index (χ1) is 8.27. The zero-order valence-corrected chi connectivity index (χ0v) is 10.4. The molecule has 2 nitrogen and oxygen atoms in total. The van der Waals surface area contributed by atoms with E-state index in [4.69, 9.17) is 0 Å². The Morgan fingerprint density at radius 1 is 1.29 bits per heavy atom. The zero-order chi connectivity index (χ0) is 11.8. The average Bonchev–Trinajstić information content (AvgIpc) is 2.26. The maximum atomic E-state index is 12.4. The van der Waals surface area contributed by atoms with Gasteiger partial charge in [-0.1, -0.05) is 24.6 Å². The van der Waals surface area contributed by atoms with E-state index in [1.807, 2.05) is 0 Å². The SMILES string of the molecule is Cc1cccc2c1N(C(=O)C1CCC1)CCC2. The molecule has 1 saturated carbocycles. The third-order valence-corrected chi connectivity index (χ3v) is 4.14. The van der Waals surface area contributed by atoms with Gasteiger partial charge in [0, 0.05) is 18.2 Å². The minimum atomic E-state index is 0.306. The first-order valence-corrected chi connectivity index (χ1v) is 6.67. The van der Waals surface area contributed by atoms with E-state index in [1.165, 1.54) is 23.2 Å². The van der Waals surface area contributed by atoms with Gasteiger partial charge in [-0.15, -0.1) is 0 Å². The normalized spacial score (nSPS) is 19.7. The van der Waals surface area contributed by atoms with Crippen molar-refractivity contribution >= 4 is 11.6 Å². The van der Waals surface area contributed by atoms with E-state index in [0.29, 0.717) is 11.8 Å². The van der Waals surface area contributed by atoms with Crippen LogP contribution in [0.5, 0.6) is 0 Å². The van der Waals surface area contributed by atoms with Crippen LogP contribution in [0.4, 0.5) is 5.69 Å². The fourth-order valence-electron chi connectivity index (χ4n) is 2.94. The number of hydrogen-bond acceptors (Lipinski definition) is 1. The number of benzene rings is 1. The van der Waals surface area contributed by atoms with Gasteiger partial charge in [-0.2, -0.15) is 0 Å². The molecular formula is C15H19NO. The number of carbonyl (C=O) groups is 1. The van der Waals surface area contributed by atoms with Crippen LogP contribution in [-0.2, 0) is 11.2 Å². The summed E-state index contributed by atoms with van der Waals surface area (Å²) in [6.07, 6.45) is 5.64. The first kappa shape index (κ1) is 10.8. The van der Waals surface area contributed by atoms with Gasteiger partial charge in [0.25, 0.3) is 0 Å². The van der Waals surface area contributed by atoms with Gasteiger partial charge in [-0.3, -0.25) is 4.79 Å². The van der Waals surface area contributed by atoms with Crippen LogP contribution in [0.3, 0.4) is 0 Å². The summed E-state index contributed by atoms with van der Waals surface area (Å²) >= 11 is 0. The van der Waals surface area contributed by atoms with Crippen LogP contribution in [0.2, 0.25) is 0 Å². The monoisotopic (exact) mass is 229 g/mol. The van der Waals surface area contributed by atoms with E-state index >= 15 is 0 Å². The standard InChI is InChI=1S/C15H19NO/c1-11-5-2-6-12-9-4-10-16(14(11)12)15(17)13-7-3-8-13/h2,5-6,13H,3-4,7-10H2,1H3. The molecule has 0 radical (unpaired) electrons. The van der Waals surface area contributed by atoms with Crippen LogP contribution >= 0.6 is 0 Å². The quantitative estimate of drug-likeness (QED) is 0.724. The Morgan fingerprint density at radius 3 is 2.82 bits per heavy atom. The Hall–Kier alpha value is -1.31. The summed E-state index contributed by atoms with van der Waals surface area (Å²) in [5.74, 6) is 0.673. The van der Waals surface area contributed by atoms with Gasteiger partial charge in [-0.05, 0) is 43.7 Å². The third-order valence-electron chi connectivity index (χ3n) is 4.14. The van der Waals surface area contributed by atoms with Crippen molar-refractivity contribution in [2.75, 3.05) is 11.4 Å². The number of rotatable bonds is 1.